The van der Waals surface area contributed by atoms with Crippen LogP contribution in [-0.4, -0.2) is 188 Å². The van der Waals surface area contributed by atoms with E-state index in [0.717, 1.165) is 4.90 Å². The molecule has 85 heavy (non-hydrogen) atoms. The van der Waals surface area contributed by atoms with Crippen LogP contribution in [0.5, 0.6) is 0 Å². The van der Waals surface area contributed by atoms with Gasteiger partial charge in [0.1, 0.15) is 48.3 Å². The highest BCUT2D eigenvalue weighted by Gasteiger charge is 2.38. The number of nitrogens with zero attached hydrogens (tertiary/aromatic N) is 2. The van der Waals surface area contributed by atoms with Crippen molar-refractivity contribution in [2.45, 2.75) is 133 Å². The number of carbonyl (C=O) groups is 12. The van der Waals surface area contributed by atoms with Crippen molar-refractivity contribution in [1.82, 2.24) is 57.4 Å². The van der Waals surface area contributed by atoms with Gasteiger partial charge in [-0.25, -0.2) is 4.98 Å². The number of thioether (sulfide) groups is 2. The molecule has 1 aromatic heterocycles. The van der Waals surface area contributed by atoms with Crippen LogP contribution in [-0.2, 0) is 76.8 Å². The van der Waals surface area contributed by atoms with Gasteiger partial charge in [-0.1, -0.05) is 88.4 Å². The van der Waals surface area contributed by atoms with E-state index in [0.29, 0.717) is 28.3 Å². The number of nitrogens with one attached hydrogen (secondary N) is 9. The standard InChI is InChI=1S/C56H81N13O14S2/c1-31(2)22-39(51(78)63-37(48(58)75)18-20-84-6)62-44(70)29-60-55(82)47(32(3)4)68-53(80)40(23-33-14-10-8-11-15-33)66-54(81)43(24-34-16-12-9-13-17-34)69(5)56(83)42(27-46(73)74)67-52(79)41(25-35-28-59-30-61-35)65-50(77)38(19-21-85-7)64-49(76)36(57)26-45(71)72/h8-17,28,30-32,36-43,47H,18-27,29,57H2,1-7H3,(H2,58,75)(H,59,61)(H,60,82)(H,62,70)(H,63,78)(H,64,76)(H,65,77)(H,66,81)(H,67,79)(H,68,80)(H,71,72)(H,73,74). The number of imidazole rings is 1. The molecule has 9 unspecified atom stereocenters. The molecular weight excluding hydrogens is 1140 g/mol. The lowest BCUT2D eigenvalue weighted by Crippen LogP contribution is -2.61. The van der Waals surface area contributed by atoms with Crippen molar-refractivity contribution in [3.63, 3.8) is 0 Å². The maximum Gasteiger partial charge on any atom is 0.305 e. The first-order valence-corrected chi connectivity index (χ1v) is 30.2. The number of amides is 10. The van der Waals surface area contributed by atoms with E-state index in [9.17, 15) is 67.7 Å². The predicted octanol–water partition coefficient (Wildman–Crippen LogP) is -1.26. The maximum absolute atomic E-state index is 14.9. The summed E-state index contributed by atoms with van der Waals surface area (Å²) in [6, 6.07) is 4.32. The van der Waals surface area contributed by atoms with Crippen LogP contribution in [0.1, 0.15) is 76.6 Å². The molecule has 466 valence electrons. The molecule has 0 saturated carbocycles. The van der Waals surface area contributed by atoms with Crippen LogP contribution in [0.4, 0.5) is 0 Å². The van der Waals surface area contributed by atoms with E-state index >= 15 is 0 Å². The van der Waals surface area contributed by atoms with Gasteiger partial charge in [-0.3, -0.25) is 57.5 Å². The lowest BCUT2D eigenvalue weighted by Gasteiger charge is -2.33. The van der Waals surface area contributed by atoms with Gasteiger partial charge in [0, 0.05) is 38.2 Å². The lowest BCUT2D eigenvalue weighted by molar-refractivity contribution is -0.146. The van der Waals surface area contributed by atoms with Gasteiger partial charge in [0.2, 0.25) is 59.1 Å². The number of H-pyrrole nitrogens is 1. The molecule has 0 saturated heterocycles. The highest BCUT2D eigenvalue weighted by Crippen LogP contribution is 2.15. The molecule has 0 spiro atoms. The van der Waals surface area contributed by atoms with Crippen molar-refractivity contribution in [1.29, 1.82) is 0 Å². The van der Waals surface area contributed by atoms with Gasteiger partial charge < -0.3 is 74.1 Å². The topological polar surface area (TPSA) is 425 Å². The van der Waals surface area contributed by atoms with Crippen molar-refractivity contribution in [3.05, 3.63) is 90.0 Å². The number of rotatable bonds is 38. The average Bonchev–Trinajstić information content (AvgIpc) is 3.96. The molecule has 2 aromatic carbocycles. The summed E-state index contributed by atoms with van der Waals surface area (Å²) in [5.41, 5.74) is 12.7. The number of hydrogen-bond acceptors (Lipinski definition) is 16. The first-order chi connectivity index (χ1) is 40.2. The average molecular weight is 1220 g/mol. The Kier molecular flexibility index (Phi) is 30.7. The van der Waals surface area contributed by atoms with Crippen molar-refractivity contribution >= 4 is 94.5 Å². The summed E-state index contributed by atoms with van der Waals surface area (Å²) in [4.78, 5) is 169. The summed E-state index contributed by atoms with van der Waals surface area (Å²) in [5.74, 6) is -11.4. The van der Waals surface area contributed by atoms with E-state index in [-0.39, 0.29) is 44.4 Å². The normalized spacial score (nSPS) is 14.3. The molecule has 9 atom stereocenters. The van der Waals surface area contributed by atoms with E-state index in [1.165, 1.54) is 43.1 Å². The molecule has 27 nitrogen and oxygen atoms in total. The van der Waals surface area contributed by atoms with Gasteiger partial charge in [0.15, 0.2) is 0 Å². The summed E-state index contributed by atoms with van der Waals surface area (Å²) in [6.45, 7) is 6.30. The minimum absolute atomic E-state index is 0.0133. The van der Waals surface area contributed by atoms with E-state index in [4.69, 9.17) is 11.5 Å². The molecule has 0 aliphatic rings. The number of carboxylic acid groups (broad SMARTS) is 2. The van der Waals surface area contributed by atoms with E-state index in [2.05, 4.69) is 52.5 Å². The van der Waals surface area contributed by atoms with E-state index in [1.54, 1.807) is 80.8 Å². The molecule has 10 amide bonds. The Morgan fingerprint density at radius 3 is 1.61 bits per heavy atom. The van der Waals surface area contributed by atoms with Crippen LogP contribution in [0.3, 0.4) is 0 Å². The molecule has 15 N–H and O–H groups in total. The minimum atomic E-state index is -1.89. The smallest absolute Gasteiger partial charge is 0.305 e. The van der Waals surface area contributed by atoms with Gasteiger partial charge in [-0.2, -0.15) is 23.5 Å². The fourth-order valence-corrected chi connectivity index (χ4v) is 9.53. The second-order valence-corrected chi connectivity index (χ2v) is 22.9. The zero-order valence-electron chi connectivity index (χ0n) is 48.7. The number of carboxylic acids is 2. The largest absolute Gasteiger partial charge is 0.481 e. The van der Waals surface area contributed by atoms with Crippen molar-refractivity contribution in [2.75, 3.05) is 37.6 Å². The molecular formula is C56H81N13O14S2. The first-order valence-electron chi connectivity index (χ1n) is 27.4. The fourth-order valence-electron chi connectivity index (χ4n) is 8.59. The highest BCUT2D eigenvalue weighted by molar-refractivity contribution is 7.98. The summed E-state index contributed by atoms with van der Waals surface area (Å²) < 4.78 is 0. The molecule has 3 rings (SSSR count). The number of benzene rings is 2. The summed E-state index contributed by atoms with van der Waals surface area (Å²) in [7, 11) is 1.21. The van der Waals surface area contributed by atoms with E-state index in [1.807, 2.05) is 20.1 Å². The Morgan fingerprint density at radius 1 is 0.588 bits per heavy atom. The van der Waals surface area contributed by atoms with E-state index < -0.39 is 151 Å². The number of aliphatic carboxylic acids is 2. The van der Waals surface area contributed by atoms with Gasteiger partial charge in [-0.15, -0.1) is 0 Å². The van der Waals surface area contributed by atoms with Crippen molar-refractivity contribution in [3.8, 4) is 0 Å². The summed E-state index contributed by atoms with van der Waals surface area (Å²) in [6.07, 6.45) is 4.29. The Bertz CT molecular complexity index is 2730. The van der Waals surface area contributed by atoms with Crippen LogP contribution in [0, 0.1) is 11.8 Å². The molecule has 0 bridgehead atoms. The Morgan fingerprint density at radius 2 is 1.08 bits per heavy atom. The Labute approximate surface area is 502 Å². The lowest BCUT2D eigenvalue weighted by atomic mass is 9.99. The third kappa shape index (κ3) is 25.4. The van der Waals surface area contributed by atoms with Crippen molar-refractivity contribution in [2.24, 2.45) is 23.3 Å². The quantitative estimate of drug-likeness (QED) is 0.0319. The minimum Gasteiger partial charge on any atom is -0.481 e. The molecule has 1 heterocycles. The molecule has 0 aliphatic heterocycles. The number of carbonyl (C=O) groups excluding carboxylic acids is 10. The fraction of sp³-hybridized carbons (Fsp3) is 0.518. The first kappa shape index (κ1) is 71.2. The third-order valence-electron chi connectivity index (χ3n) is 13.2. The zero-order chi connectivity index (χ0) is 63.3. The zero-order valence-corrected chi connectivity index (χ0v) is 50.3. The van der Waals surface area contributed by atoms with Crippen LogP contribution >= 0.6 is 23.5 Å². The van der Waals surface area contributed by atoms with Gasteiger partial charge in [-0.05, 0) is 66.2 Å². The second-order valence-electron chi connectivity index (χ2n) is 20.9. The summed E-state index contributed by atoms with van der Waals surface area (Å²) in [5, 5.41) is 39.9. The number of aromatic nitrogens is 2. The van der Waals surface area contributed by atoms with Gasteiger partial charge in [0.05, 0.1) is 31.8 Å². The molecule has 0 aliphatic carbocycles. The summed E-state index contributed by atoms with van der Waals surface area (Å²) >= 11 is 2.78. The van der Waals surface area contributed by atoms with Crippen LogP contribution in [0.2, 0.25) is 0 Å². The molecule has 3 aromatic rings. The maximum atomic E-state index is 14.9. The number of nitrogens with two attached hydrogens (primary N) is 2. The number of hydrogen-bond donors (Lipinski definition) is 13. The van der Waals surface area contributed by atoms with Crippen LogP contribution in [0.15, 0.2) is 73.2 Å². The second kappa shape index (κ2) is 36.6. The van der Waals surface area contributed by atoms with Gasteiger partial charge >= 0.3 is 11.9 Å². The molecule has 0 radical (unpaired) electrons. The van der Waals surface area contributed by atoms with Crippen LogP contribution in [0.25, 0.3) is 0 Å². The third-order valence-corrected chi connectivity index (χ3v) is 14.5. The predicted molar refractivity (Wildman–Crippen MR) is 318 cm³/mol. The number of aromatic amines is 1. The highest BCUT2D eigenvalue weighted by atomic mass is 32.2. The van der Waals surface area contributed by atoms with Crippen LogP contribution < -0.4 is 54.0 Å². The number of primary amides is 1. The molecule has 29 heteroatoms. The van der Waals surface area contributed by atoms with Gasteiger partial charge in [0.25, 0.3) is 0 Å². The monoisotopic (exact) mass is 1220 g/mol. The molecule has 0 fully saturated rings. The Balaban J connectivity index is 1.95. The van der Waals surface area contributed by atoms with Crippen molar-refractivity contribution < 1.29 is 67.7 Å². The Hall–Kier alpha value is -8.05. The SMILES string of the molecule is CSCCC(NC(=O)C(CC(C)C)NC(=O)CNC(=O)C(NC(=O)C(Cc1ccccc1)NC(=O)C(Cc1ccccc1)N(C)C(=O)C(CC(=O)O)NC(=O)C(Cc1cnc[nH]1)NC(=O)C(CCSC)NC(=O)C(N)CC(=O)O)C(C)C)C(N)=O. The number of likely N-dealkylation sites (N-methyl/N-ethyl adjacent to an activating group) is 1.